The zero-order chi connectivity index (χ0) is 33.9. The van der Waals surface area contributed by atoms with Crippen molar-refractivity contribution in [3.63, 3.8) is 0 Å². The fourth-order valence-corrected chi connectivity index (χ4v) is 8.07. The molecule has 0 aliphatic carbocycles. The number of carbonyl (C=O) groups excluding carboxylic acids is 1. The SMILES string of the molecule is CC(C)Cc1cc2c(ccc3c4ccnc5c4c(cc23)Sc2cc3ccccc3[c-]c2-5)cn1.CCC(CC)C(=O)/C=C(\O)C(CC)CC.[Ir]. The number of pyridine rings is 2. The van der Waals surface area contributed by atoms with Gasteiger partial charge in [0.05, 0.1) is 5.76 Å². The number of hydrogen-bond donors (Lipinski definition) is 1. The van der Waals surface area contributed by atoms with Crippen LogP contribution in [0.3, 0.4) is 0 Å². The number of aromatic nitrogens is 2. The van der Waals surface area contributed by atoms with Crippen molar-refractivity contribution in [2.45, 2.75) is 83.4 Å². The van der Waals surface area contributed by atoms with Crippen molar-refractivity contribution in [2.75, 3.05) is 0 Å². The summed E-state index contributed by atoms with van der Waals surface area (Å²) in [6, 6.07) is 25.7. The normalized spacial score (nSPS) is 12.5. The van der Waals surface area contributed by atoms with Gasteiger partial charge in [-0.15, -0.1) is 35.3 Å². The molecule has 2 aromatic heterocycles. The van der Waals surface area contributed by atoms with E-state index < -0.39 is 0 Å². The minimum atomic E-state index is 0. The van der Waals surface area contributed by atoms with Crippen LogP contribution in [0.4, 0.5) is 0 Å². The van der Waals surface area contributed by atoms with E-state index in [9.17, 15) is 9.90 Å². The summed E-state index contributed by atoms with van der Waals surface area (Å²) < 4.78 is 0. The van der Waals surface area contributed by atoms with E-state index in [1.54, 1.807) is 0 Å². The van der Waals surface area contributed by atoms with Gasteiger partial charge < -0.3 is 5.11 Å². The summed E-state index contributed by atoms with van der Waals surface area (Å²) in [4.78, 5) is 23.8. The van der Waals surface area contributed by atoms with E-state index in [0.29, 0.717) is 5.92 Å². The van der Waals surface area contributed by atoms with Crippen molar-refractivity contribution in [1.82, 2.24) is 9.97 Å². The summed E-state index contributed by atoms with van der Waals surface area (Å²) in [5, 5.41) is 19.7. The van der Waals surface area contributed by atoms with Gasteiger partial charge in [-0.3, -0.25) is 14.8 Å². The molecule has 1 radical (unpaired) electrons. The van der Waals surface area contributed by atoms with Crippen molar-refractivity contribution >= 4 is 60.6 Å². The molecule has 0 spiro atoms. The van der Waals surface area contributed by atoms with Crippen LogP contribution in [0.1, 0.15) is 72.9 Å². The Labute approximate surface area is 308 Å². The first-order chi connectivity index (χ1) is 23.3. The van der Waals surface area contributed by atoms with Gasteiger partial charge in [-0.05, 0) is 88.0 Å². The van der Waals surface area contributed by atoms with Crippen LogP contribution in [0.5, 0.6) is 0 Å². The number of allylic oxidation sites excluding steroid dienone is 2. The smallest absolute Gasteiger partial charge is 0.162 e. The molecule has 1 aliphatic heterocycles. The third kappa shape index (κ3) is 7.48. The molecule has 6 heteroatoms. The van der Waals surface area contributed by atoms with Crippen LogP contribution >= 0.6 is 11.8 Å². The standard InChI is InChI=1S/C30H21N2S.C13H24O2.Ir/c1-17(2)11-21-14-24-20(16-32-21)7-8-22-23-9-10-31-30-26-12-18-5-3-4-6-19(18)13-27(26)33-28(29(23)30)15-25(22)24;1-5-10(6-2)12(14)9-13(15)11(7-3)8-4;/h3-10,13-17H,11H2,1-2H3;9-11,14H,5-8H2,1-4H3;/q-1;;/b;12-9-;. The Morgan fingerprint density at radius 3 is 2.27 bits per heavy atom. The van der Waals surface area contributed by atoms with E-state index in [4.69, 9.17) is 9.97 Å². The molecule has 4 aromatic carbocycles. The maximum absolute atomic E-state index is 11.7. The summed E-state index contributed by atoms with van der Waals surface area (Å²) >= 11 is 1.84. The molecule has 255 valence electrons. The van der Waals surface area contributed by atoms with Crippen molar-refractivity contribution in [3.05, 3.63) is 96.7 Å². The fraction of sp³-hybridized carbons (Fsp3) is 0.326. The van der Waals surface area contributed by atoms with E-state index in [0.717, 1.165) is 54.4 Å². The quantitative estimate of drug-likeness (QED) is 0.0679. The molecule has 0 amide bonds. The summed E-state index contributed by atoms with van der Waals surface area (Å²) in [6.07, 6.45) is 9.88. The molecule has 1 aliphatic rings. The Balaban J connectivity index is 0.000000252. The minimum absolute atomic E-state index is 0. The number of fused-ring (bicyclic) bond motifs is 7. The largest absolute Gasteiger partial charge is 0.512 e. The van der Waals surface area contributed by atoms with E-state index in [2.05, 4.69) is 80.6 Å². The predicted molar refractivity (Wildman–Crippen MR) is 203 cm³/mol. The third-order valence-electron chi connectivity index (χ3n) is 9.67. The second-order valence-electron chi connectivity index (χ2n) is 13.3. The number of carbonyl (C=O) groups is 1. The van der Waals surface area contributed by atoms with Gasteiger partial charge >= 0.3 is 0 Å². The van der Waals surface area contributed by atoms with Gasteiger partial charge in [0.1, 0.15) is 0 Å². The summed E-state index contributed by atoms with van der Waals surface area (Å²) in [6.45, 7) is 12.6. The van der Waals surface area contributed by atoms with Crippen molar-refractivity contribution in [2.24, 2.45) is 17.8 Å². The zero-order valence-electron chi connectivity index (χ0n) is 29.3. The minimum Gasteiger partial charge on any atom is -0.512 e. The second kappa shape index (κ2) is 16.0. The van der Waals surface area contributed by atoms with Gasteiger partial charge in [0.2, 0.25) is 0 Å². The number of aliphatic hydroxyl groups excluding tert-OH is 1. The first-order valence-electron chi connectivity index (χ1n) is 17.5. The van der Waals surface area contributed by atoms with Gasteiger partial charge in [0.25, 0.3) is 0 Å². The second-order valence-corrected chi connectivity index (χ2v) is 14.4. The number of hydrogen-bond acceptors (Lipinski definition) is 5. The van der Waals surface area contributed by atoms with Crippen LogP contribution in [-0.4, -0.2) is 20.9 Å². The molecule has 4 nitrogen and oxygen atoms in total. The van der Waals surface area contributed by atoms with Crippen LogP contribution in [0.15, 0.2) is 94.7 Å². The molecule has 6 aromatic rings. The average molecular weight is 846 g/mol. The zero-order valence-corrected chi connectivity index (χ0v) is 32.5. The Hall–Kier alpha value is -3.57. The van der Waals surface area contributed by atoms with Crippen molar-refractivity contribution in [3.8, 4) is 11.3 Å². The molecular formula is C43H45IrN2O2S-. The van der Waals surface area contributed by atoms with Crippen LogP contribution < -0.4 is 0 Å². The van der Waals surface area contributed by atoms with Crippen LogP contribution in [0.25, 0.3) is 54.3 Å². The molecule has 0 bridgehead atoms. The van der Waals surface area contributed by atoms with Crippen LogP contribution in [-0.2, 0) is 31.3 Å². The molecule has 1 N–H and O–H groups in total. The Morgan fingerprint density at radius 1 is 0.816 bits per heavy atom. The van der Waals surface area contributed by atoms with E-state index >= 15 is 0 Å². The monoisotopic (exact) mass is 846 g/mol. The molecule has 0 unspecified atom stereocenters. The van der Waals surface area contributed by atoms with E-state index in [1.165, 1.54) is 53.6 Å². The first kappa shape index (κ1) is 36.7. The van der Waals surface area contributed by atoms with E-state index in [1.807, 2.05) is 51.9 Å². The maximum atomic E-state index is 11.7. The van der Waals surface area contributed by atoms with Gasteiger partial charge in [0, 0.05) is 72.1 Å². The van der Waals surface area contributed by atoms with Crippen molar-refractivity contribution < 1.29 is 30.0 Å². The van der Waals surface area contributed by atoms with Crippen LogP contribution in [0, 0.1) is 23.8 Å². The molecular weight excluding hydrogens is 801 g/mol. The number of rotatable bonds is 9. The van der Waals surface area contributed by atoms with Gasteiger partial charge in [-0.2, -0.15) is 0 Å². The number of ketones is 1. The maximum Gasteiger partial charge on any atom is 0.162 e. The summed E-state index contributed by atoms with van der Waals surface area (Å²) in [5.74, 6) is 1.13. The summed E-state index contributed by atoms with van der Waals surface area (Å²) in [5.41, 5.74) is 3.31. The molecule has 0 saturated heterocycles. The predicted octanol–water partition coefficient (Wildman–Crippen LogP) is 12.1. The molecule has 0 atom stereocenters. The van der Waals surface area contributed by atoms with E-state index in [-0.39, 0.29) is 43.5 Å². The molecule has 0 saturated carbocycles. The van der Waals surface area contributed by atoms with Gasteiger partial charge in [-0.1, -0.05) is 82.8 Å². The van der Waals surface area contributed by atoms with Crippen molar-refractivity contribution in [1.29, 1.82) is 0 Å². The molecule has 7 rings (SSSR count). The molecule has 3 heterocycles. The van der Waals surface area contributed by atoms with Crippen LogP contribution in [0.2, 0.25) is 0 Å². The summed E-state index contributed by atoms with van der Waals surface area (Å²) in [7, 11) is 0. The number of nitrogens with zero attached hydrogens (tertiary/aromatic N) is 2. The molecule has 49 heavy (non-hydrogen) atoms. The average Bonchev–Trinajstić information content (AvgIpc) is 3.08. The van der Waals surface area contributed by atoms with Gasteiger partial charge in [0.15, 0.2) is 5.78 Å². The Bertz CT molecular complexity index is 2170. The Kier molecular flexibility index (Phi) is 12.0. The Morgan fingerprint density at radius 2 is 1.55 bits per heavy atom. The number of aliphatic hydroxyl groups is 1. The van der Waals surface area contributed by atoms with Gasteiger partial charge in [-0.25, -0.2) is 0 Å². The third-order valence-corrected chi connectivity index (χ3v) is 10.8. The fourth-order valence-electron chi connectivity index (χ4n) is 6.91. The molecule has 0 fully saturated rings. The topological polar surface area (TPSA) is 63.1 Å². The number of benzene rings is 4. The first-order valence-corrected chi connectivity index (χ1v) is 18.3.